The van der Waals surface area contributed by atoms with Gasteiger partial charge in [-0.05, 0) is 31.4 Å². The number of rotatable bonds is 3. The fourth-order valence-corrected chi connectivity index (χ4v) is 5.46. The van der Waals surface area contributed by atoms with E-state index in [1.165, 1.54) is 18.9 Å². The Morgan fingerprint density at radius 2 is 2.07 bits per heavy atom. The highest BCUT2D eigenvalue weighted by Crippen LogP contribution is 2.62. The molecule has 4 aliphatic rings. The summed E-state index contributed by atoms with van der Waals surface area (Å²) in [6, 6.07) is 6.14. The molecule has 1 spiro atoms. The van der Waals surface area contributed by atoms with Crippen LogP contribution in [-0.2, 0) is 35.0 Å². The number of benzene rings is 1. The number of fused-ring (bicyclic) bond motifs is 3. The van der Waals surface area contributed by atoms with Gasteiger partial charge in [-0.2, -0.15) is 0 Å². The lowest BCUT2D eigenvalue weighted by atomic mass is 9.78. The molecule has 0 aromatic heterocycles. The summed E-state index contributed by atoms with van der Waals surface area (Å²) in [6.45, 7) is 3.20. The smallest absolute Gasteiger partial charge is 0.348 e. The first-order valence-corrected chi connectivity index (χ1v) is 9.93. The van der Waals surface area contributed by atoms with Gasteiger partial charge in [0.2, 0.25) is 17.1 Å². The van der Waals surface area contributed by atoms with Crippen molar-refractivity contribution in [2.45, 2.75) is 49.8 Å². The van der Waals surface area contributed by atoms with Crippen molar-refractivity contribution in [3.63, 3.8) is 0 Å². The highest BCUT2D eigenvalue weighted by molar-refractivity contribution is 6.14. The topological polar surface area (TPSA) is 115 Å². The zero-order valence-electron chi connectivity index (χ0n) is 16.9. The molecule has 30 heavy (non-hydrogen) atoms. The van der Waals surface area contributed by atoms with E-state index in [4.69, 9.17) is 14.2 Å². The van der Waals surface area contributed by atoms with Crippen molar-refractivity contribution in [1.82, 2.24) is 4.90 Å². The molecule has 3 bridgehead atoms. The summed E-state index contributed by atoms with van der Waals surface area (Å²) in [5, 5.41) is 11.7. The third-order valence-corrected chi connectivity index (χ3v) is 6.75. The maximum atomic E-state index is 13.6. The van der Waals surface area contributed by atoms with Crippen LogP contribution in [0.4, 0.5) is 0 Å². The number of esters is 2. The number of aliphatic hydroxyl groups is 1. The summed E-state index contributed by atoms with van der Waals surface area (Å²) in [7, 11) is 1.19. The molecule has 5 atom stereocenters. The first kappa shape index (κ1) is 19.2. The van der Waals surface area contributed by atoms with Crippen LogP contribution in [0.1, 0.15) is 37.4 Å². The normalized spacial score (nSPS) is 37.9. The Labute approximate surface area is 172 Å². The van der Waals surface area contributed by atoms with Gasteiger partial charge in [-0.25, -0.2) is 14.6 Å². The summed E-state index contributed by atoms with van der Waals surface area (Å²) in [5.41, 5.74) is -2.52. The monoisotopic (exact) mass is 414 g/mol. The molecular weight excluding hydrogens is 392 g/mol. The Hall–Kier alpha value is -2.78. The Morgan fingerprint density at radius 3 is 2.77 bits per heavy atom. The second kappa shape index (κ2) is 5.89. The molecule has 1 N–H and O–H groups in total. The first-order chi connectivity index (χ1) is 14.3. The van der Waals surface area contributed by atoms with Gasteiger partial charge in [-0.15, -0.1) is 0 Å². The molecule has 0 unspecified atom stereocenters. The van der Waals surface area contributed by atoms with Gasteiger partial charge in [0, 0.05) is 12.3 Å². The highest BCUT2D eigenvalue weighted by Gasteiger charge is 2.80. The average molecular weight is 414 g/mol. The van der Waals surface area contributed by atoms with E-state index in [9.17, 15) is 19.5 Å². The fourth-order valence-electron chi connectivity index (χ4n) is 5.46. The zero-order valence-corrected chi connectivity index (χ0v) is 16.9. The molecule has 9 heteroatoms. The molecule has 1 aromatic rings. The summed E-state index contributed by atoms with van der Waals surface area (Å²) in [6.07, 6.45) is 0.579. The molecule has 158 valence electrons. The second-order valence-corrected chi connectivity index (χ2v) is 8.15. The van der Waals surface area contributed by atoms with Gasteiger partial charge in [0.1, 0.15) is 6.04 Å². The Bertz CT molecular complexity index is 1020. The van der Waals surface area contributed by atoms with E-state index in [-0.39, 0.29) is 24.7 Å². The lowest BCUT2D eigenvalue weighted by molar-refractivity contribution is -0.186. The molecule has 9 nitrogen and oxygen atoms in total. The standard InChI is InChI=1S/C21H22N2O7/c1-4-29-18(26)20(27)11(2)22-21-13-9-12-7-5-6-8-14(12)15(20)23(21)16(24)19(10-13,30-21)17(25)28-3/h5-8,13,15,27H,4,9-10H2,1-3H3/t13-,15-,19-,20+,21-/m1/s1. The van der Waals surface area contributed by atoms with Crippen LogP contribution in [0.3, 0.4) is 0 Å². The van der Waals surface area contributed by atoms with E-state index < -0.39 is 40.9 Å². The van der Waals surface area contributed by atoms with Crippen LogP contribution >= 0.6 is 0 Å². The number of ether oxygens (including phenoxy) is 3. The second-order valence-electron chi connectivity index (χ2n) is 8.15. The molecule has 5 rings (SSSR count). The molecule has 0 saturated carbocycles. The SMILES string of the molecule is CCOC(=O)[C@]1(O)C(C)=N[C@]23O[C@]4(C(=O)OC)C[C@H]2Cc2ccccc2[C@H]1N3C4=O. The van der Waals surface area contributed by atoms with Crippen molar-refractivity contribution < 1.29 is 33.7 Å². The number of amides is 1. The van der Waals surface area contributed by atoms with Crippen LogP contribution in [0.2, 0.25) is 0 Å². The molecule has 4 heterocycles. The number of hydrogen-bond acceptors (Lipinski definition) is 8. The third kappa shape index (κ3) is 1.94. The van der Waals surface area contributed by atoms with Crippen molar-refractivity contribution in [3.05, 3.63) is 35.4 Å². The van der Waals surface area contributed by atoms with Crippen LogP contribution in [0.5, 0.6) is 0 Å². The molecule has 2 saturated heterocycles. The van der Waals surface area contributed by atoms with Crippen molar-refractivity contribution in [3.8, 4) is 0 Å². The molecule has 1 amide bonds. The predicted molar refractivity (Wildman–Crippen MR) is 101 cm³/mol. The maximum absolute atomic E-state index is 13.6. The number of hydrogen-bond donors (Lipinski definition) is 1. The molecule has 4 aliphatic heterocycles. The van der Waals surface area contributed by atoms with Gasteiger partial charge >= 0.3 is 11.9 Å². The lowest BCUT2D eigenvalue weighted by Crippen LogP contribution is -2.68. The summed E-state index contributed by atoms with van der Waals surface area (Å²) in [4.78, 5) is 45.1. The molecular formula is C21H22N2O7. The van der Waals surface area contributed by atoms with Gasteiger partial charge in [-0.3, -0.25) is 9.69 Å². The molecule has 0 radical (unpaired) electrons. The fraction of sp³-hybridized carbons (Fsp3) is 0.524. The van der Waals surface area contributed by atoms with Crippen LogP contribution < -0.4 is 0 Å². The van der Waals surface area contributed by atoms with Gasteiger partial charge in [0.25, 0.3) is 5.91 Å². The number of carbonyl (C=O) groups is 3. The van der Waals surface area contributed by atoms with Crippen molar-refractivity contribution in [1.29, 1.82) is 0 Å². The van der Waals surface area contributed by atoms with Crippen molar-refractivity contribution in [2.75, 3.05) is 13.7 Å². The van der Waals surface area contributed by atoms with Gasteiger partial charge in [0.15, 0.2) is 0 Å². The summed E-state index contributed by atoms with van der Waals surface area (Å²) >= 11 is 0. The molecule has 2 fully saturated rings. The first-order valence-electron chi connectivity index (χ1n) is 9.93. The zero-order chi connectivity index (χ0) is 21.5. The van der Waals surface area contributed by atoms with E-state index in [0.717, 1.165) is 5.56 Å². The molecule has 0 aliphatic carbocycles. The molecule has 1 aromatic carbocycles. The average Bonchev–Trinajstić information content (AvgIpc) is 3.15. The highest BCUT2D eigenvalue weighted by atomic mass is 16.6. The van der Waals surface area contributed by atoms with Gasteiger partial charge in [-0.1, -0.05) is 24.3 Å². The third-order valence-electron chi connectivity index (χ3n) is 6.75. The number of piperidine rings is 1. The van der Waals surface area contributed by atoms with Gasteiger partial charge < -0.3 is 19.3 Å². The largest absolute Gasteiger partial charge is 0.466 e. The van der Waals surface area contributed by atoms with Crippen molar-refractivity contribution in [2.24, 2.45) is 10.9 Å². The minimum Gasteiger partial charge on any atom is -0.466 e. The quantitative estimate of drug-likeness (QED) is 0.566. The van der Waals surface area contributed by atoms with E-state index in [1.54, 1.807) is 19.1 Å². The predicted octanol–water partition coefficient (Wildman–Crippen LogP) is 0.497. The number of nitrogens with zero attached hydrogens (tertiary/aromatic N) is 2. The number of methoxy groups -OCH3 is 1. The lowest BCUT2D eigenvalue weighted by Gasteiger charge is -2.49. The Morgan fingerprint density at radius 1 is 1.33 bits per heavy atom. The minimum atomic E-state index is -2.22. The van der Waals surface area contributed by atoms with E-state index in [2.05, 4.69) is 4.99 Å². The maximum Gasteiger partial charge on any atom is 0.348 e. The van der Waals surface area contributed by atoms with Crippen LogP contribution in [0.15, 0.2) is 29.3 Å². The minimum absolute atomic E-state index is 0.0487. The summed E-state index contributed by atoms with van der Waals surface area (Å²) in [5.74, 6) is -4.20. The van der Waals surface area contributed by atoms with Crippen LogP contribution in [-0.4, -0.2) is 64.3 Å². The van der Waals surface area contributed by atoms with E-state index in [1.807, 2.05) is 12.1 Å². The summed E-state index contributed by atoms with van der Waals surface area (Å²) < 4.78 is 16.2. The Balaban J connectivity index is 1.81. The Kier molecular flexibility index (Phi) is 3.77. The van der Waals surface area contributed by atoms with E-state index >= 15 is 0 Å². The van der Waals surface area contributed by atoms with E-state index in [0.29, 0.717) is 12.0 Å². The van der Waals surface area contributed by atoms with Crippen LogP contribution in [0.25, 0.3) is 0 Å². The van der Waals surface area contributed by atoms with Gasteiger partial charge in [0.05, 0.1) is 19.4 Å². The van der Waals surface area contributed by atoms with Crippen molar-refractivity contribution >= 4 is 23.6 Å². The van der Waals surface area contributed by atoms with Crippen LogP contribution in [0, 0.1) is 5.92 Å². The number of aliphatic imine (C=N–C) groups is 1. The number of carbonyl (C=O) groups excluding carboxylic acids is 3.